The summed E-state index contributed by atoms with van der Waals surface area (Å²) in [6.07, 6.45) is 1.60. The maximum Gasteiger partial charge on any atom is 0.145 e. The highest BCUT2D eigenvalue weighted by Crippen LogP contribution is 2.41. The number of halogens is 2. The smallest absolute Gasteiger partial charge is 0.145 e. The fraction of sp³-hybridized carbons (Fsp3) is 0.500. The Labute approximate surface area is 88.2 Å². The van der Waals surface area contributed by atoms with Gasteiger partial charge in [-0.2, -0.15) is 0 Å². The molecule has 0 aliphatic heterocycles. The van der Waals surface area contributed by atoms with E-state index in [1.54, 1.807) is 13.0 Å². The minimum atomic E-state index is -1.05. The van der Waals surface area contributed by atoms with Gasteiger partial charge in [-0.25, -0.2) is 0 Å². The van der Waals surface area contributed by atoms with Gasteiger partial charge in [0.2, 0.25) is 0 Å². The molecule has 2 unspecified atom stereocenters. The Morgan fingerprint density at radius 3 is 2.58 bits per heavy atom. The summed E-state index contributed by atoms with van der Waals surface area (Å²) in [6, 6.07) is 0. The molecule has 0 aromatic carbocycles. The van der Waals surface area contributed by atoms with Gasteiger partial charge in [0.15, 0.2) is 0 Å². The molecule has 0 radical (unpaired) electrons. The Balaban J connectivity index is 3.15. The van der Waals surface area contributed by atoms with Crippen LogP contribution in [0.15, 0.2) is 21.9 Å². The zero-order chi connectivity index (χ0) is 9.52. The topological polar surface area (TPSA) is 40.5 Å². The molecule has 1 aliphatic rings. The third-order valence-corrected chi connectivity index (χ3v) is 3.98. The largest absolute Gasteiger partial charge is 0.507 e. The highest BCUT2D eigenvalue weighted by molar-refractivity contribution is 9.12. The SMILES string of the molecule is CC1=CC(O)(Br)C(C)C(Br)=C1O. The first-order valence-corrected chi connectivity index (χ1v) is 5.14. The van der Waals surface area contributed by atoms with E-state index >= 15 is 0 Å². The van der Waals surface area contributed by atoms with E-state index in [0.717, 1.165) is 0 Å². The molecule has 0 aromatic rings. The molecule has 2 atom stereocenters. The molecular weight excluding hydrogens is 288 g/mol. The first-order valence-electron chi connectivity index (χ1n) is 3.56. The summed E-state index contributed by atoms with van der Waals surface area (Å²) in [5.41, 5.74) is 0.666. The minimum Gasteiger partial charge on any atom is -0.507 e. The molecule has 0 amide bonds. The van der Waals surface area contributed by atoms with Gasteiger partial charge in [-0.1, -0.05) is 22.9 Å². The molecule has 0 aromatic heterocycles. The van der Waals surface area contributed by atoms with Crippen LogP contribution in [0.5, 0.6) is 0 Å². The van der Waals surface area contributed by atoms with Crippen molar-refractivity contribution in [3.8, 4) is 0 Å². The van der Waals surface area contributed by atoms with Crippen LogP contribution < -0.4 is 0 Å². The van der Waals surface area contributed by atoms with Crippen molar-refractivity contribution in [2.75, 3.05) is 0 Å². The maximum absolute atomic E-state index is 9.77. The van der Waals surface area contributed by atoms with Crippen LogP contribution in [0, 0.1) is 5.92 Å². The molecule has 1 rings (SSSR count). The second-order valence-electron chi connectivity index (χ2n) is 2.97. The quantitative estimate of drug-likeness (QED) is 0.675. The first-order chi connectivity index (χ1) is 5.36. The number of allylic oxidation sites excluding steroid dienone is 1. The lowest BCUT2D eigenvalue weighted by Gasteiger charge is -2.30. The van der Waals surface area contributed by atoms with Gasteiger partial charge in [-0.15, -0.1) is 0 Å². The zero-order valence-electron chi connectivity index (χ0n) is 6.81. The number of aliphatic hydroxyl groups is 2. The average molecular weight is 298 g/mol. The second-order valence-corrected chi connectivity index (χ2v) is 5.10. The van der Waals surface area contributed by atoms with Crippen molar-refractivity contribution in [3.63, 3.8) is 0 Å². The summed E-state index contributed by atoms with van der Waals surface area (Å²) in [7, 11) is 0. The molecule has 4 heteroatoms. The predicted octanol–water partition coefficient (Wildman–Crippen LogP) is 2.83. The van der Waals surface area contributed by atoms with E-state index in [1.165, 1.54) is 0 Å². The van der Waals surface area contributed by atoms with Crippen LogP contribution in [0.4, 0.5) is 0 Å². The van der Waals surface area contributed by atoms with E-state index in [9.17, 15) is 10.2 Å². The standard InChI is InChI=1S/C8H10Br2O2/c1-4-3-8(10,12)5(2)6(9)7(4)11/h3,5,11-12H,1-2H3. The predicted molar refractivity (Wildman–Crippen MR) is 55.4 cm³/mol. The summed E-state index contributed by atoms with van der Waals surface area (Å²) in [4.78, 5) is 0. The molecule has 12 heavy (non-hydrogen) atoms. The Kier molecular flexibility index (Phi) is 2.71. The van der Waals surface area contributed by atoms with Crippen LogP contribution in [0.3, 0.4) is 0 Å². The number of hydrogen-bond acceptors (Lipinski definition) is 2. The van der Waals surface area contributed by atoms with Crippen molar-refractivity contribution in [1.82, 2.24) is 0 Å². The second kappa shape index (κ2) is 3.16. The molecule has 0 saturated carbocycles. The first kappa shape index (κ1) is 10.3. The monoisotopic (exact) mass is 296 g/mol. The molecule has 2 N–H and O–H groups in total. The number of aliphatic hydroxyl groups excluding tert-OH is 1. The minimum absolute atomic E-state index is 0.179. The maximum atomic E-state index is 9.77. The summed E-state index contributed by atoms with van der Waals surface area (Å²) < 4.78 is -0.427. The summed E-state index contributed by atoms with van der Waals surface area (Å²) in [5.74, 6) is 0.0350. The molecule has 1 aliphatic carbocycles. The van der Waals surface area contributed by atoms with E-state index in [-0.39, 0.29) is 11.7 Å². The number of rotatable bonds is 0. The zero-order valence-corrected chi connectivity index (χ0v) is 9.98. The van der Waals surface area contributed by atoms with E-state index in [1.807, 2.05) is 6.92 Å². The van der Waals surface area contributed by atoms with Gasteiger partial charge < -0.3 is 10.2 Å². The Bertz CT molecular complexity index is 266. The van der Waals surface area contributed by atoms with Gasteiger partial charge in [0.25, 0.3) is 0 Å². The highest BCUT2D eigenvalue weighted by Gasteiger charge is 2.35. The van der Waals surface area contributed by atoms with Gasteiger partial charge in [-0.3, -0.25) is 0 Å². The van der Waals surface area contributed by atoms with Crippen LogP contribution in [0.2, 0.25) is 0 Å². The van der Waals surface area contributed by atoms with E-state index in [0.29, 0.717) is 10.1 Å². The molecule has 0 saturated heterocycles. The normalized spacial score (nSPS) is 36.8. The van der Waals surface area contributed by atoms with E-state index in [4.69, 9.17) is 0 Å². The summed E-state index contributed by atoms with van der Waals surface area (Å²) in [6.45, 7) is 3.56. The Morgan fingerprint density at radius 2 is 2.08 bits per heavy atom. The Hall–Kier alpha value is 0.200. The molecule has 0 heterocycles. The molecule has 0 fully saturated rings. The summed E-state index contributed by atoms with van der Waals surface area (Å²) in [5, 5.41) is 19.2. The van der Waals surface area contributed by atoms with Crippen molar-refractivity contribution in [2.24, 2.45) is 5.92 Å². The lowest BCUT2D eigenvalue weighted by atomic mass is 9.95. The van der Waals surface area contributed by atoms with E-state index < -0.39 is 4.51 Å². The van der Waals surface area contributed by atoms with Gasteiger partial charge in [-0.05, 0) is 34.5 Å². The van der Waals surface area contributed by atoms with Crippen molar-refractivity contribution >= 4 is 31.9 Å². The molecule has 0 spiro atoms. The number of hydrogen-bond donors (Lipinski definition) is 2. The Morgan fingerprint density at radius 1 is 1.58 bits per heavy atom. The summed E-state index contributed by atoms with van der Waals surface area (Å²) >= 11 is 6.40. The fourth-order valence-corrected chi connectivity index (χ4v) is 2.61. The van der Waals surface area contributed by atoms with Gasteiger partial charge >= 0.3 is 0 Å². The van der Waals surface area contributed by atoms with Crippen LogP contribution in [-0.2, 0) is 0 Å². The number of alkyl halides is 1. The van der Waals surface area contributed by atoms with Crippen molar-refractivity contribution in [3.05, 3.63) is 21.9 Å². The van der Waals surface area contributed by atoms with Crippen LogP contribution in [0.25, 0.3) is 0 Å². The third kappa shape index (κ3) is 1.60. The van der Waals surface area contributed by atoms with Gasteiger partial charge in [0.05, 0.1) is 0 Å². The van der Waals surface area contributed by atoms with Crippen molar-refractivity contribution in [1.29, 1.82) is 0 Å². The van der Waals surface area contributed by atoms with Gasteiger partial charge in [0, 0.05) is 10.4 Å². The van der Waals surface area contributed by atoms with Crippen molar-refractivity contribution in [2.45, 2.75) is 18.4 Å². The lowest BCUT2D eigenvalue weighted by molar-refractivity contribution is 0.148. The van der Waals surface area contributed by atoms with E-state index in [2.05, 4.69) is 31.9 Å². The lowest BCUT2D eigenvalue weighted by Crippen LogP contribution is -2.30. The molecule has 68 valence electrons. The average Bonchev–Trinajstić information content (AvgIpc) is 1.97. The highest BCUT2D eigenvalue weighted by atomic mass is 79.9. The van der Waals surface area contributed by atoms with Crippen LogP contribution in [-0.4, -0.2) is 14.7 Å². The third-order valence-electron chi connectivity index (χ3n) is 2.01. The fourth-order valence-electron chi connectivity index (χ4n) is 1.07. The van der Waals surface area contributed by atoms with Crippen LogP contribution >= 0.6 is 31.9 Å². The molecule has 2 nitrogen and oxygen atoms in total. The van der Waals surface area contributed by atoms with Crippen LogP contribution in [0.1, 0.15) is 13.8 Å². The van der Waals surface area contributed by atoms with Crippen molar-refractivity contribution < 1.29 is 10.2 Å². The molecular formula is C8H10Br2O2. The molecule has 0 bridgehead atoms. The van der Waals surface area contributed by atoms with Gasteiger partial charge in [0.1, 0.15) is 10.3 Å².